The van der Waals surface area contributed by atoms with Crippen molar-refractivity contribution in [2.75, 3.05) is 20.1 Å². The summed E-state index contributed by atoms with van der Waals surface area (Å²) >= 11 is 0. The third kappa shape index (κ3) is 4.33. The molecule has 0 radical (unpaired) electrons. The van der Waals surface area contributed by atoms with Gasteiger partial charge in [-0.15, -0.1) is 0 Å². The van der Waals surface area contributed by atoms with Crippen molar-refractivity contribution in [3.05, 3.63) is 63.8 Å². The predicted octanol–water partition coefficient (Wildman–Crippen LogP) is 1.89. The van der Waals surface area contributed by atoms with Crippen LogP contribution in [0.4, 0.5) is 0 Å². The molecule has 156 valence electrons. The van der Waals surface area contributed by atoms with E-state index in [4.69, 9.17) is 4.74 Å². The number of carbonyl (C=O) groups excluding carboxylic acids is 1. The van der Waals surface area contributed by atoms with E-state index in [0.29, 0.717) is 17.9 Å². The Balaban J connectivity index is 1.38. The molecule has 1 aliphatic rings. The quantitative estimate of drug-likeness (QED) is 0.647. The number of hydrogen-bond donors (Lipinski definition) is 2. The summed E-state index contributed by atoms with van der Waals surface area (Å²) in [5.74, 6) is 0.441. The SMILES string of the molecule is CCc1cc2ncc(CN3CC[C@@H](Oc4ccc(C(=O)NC)nc4)C3)cc2[nH]c1=O. The highest BCUT2D eigenvalue weighted by Crippen LogP contribution is 2.20. The average molecular weight is 407 g/mol. The third-order valence-corrected chi connectivity index (χ3v) is 5.34. The van der Waals surface area contributed by atoms with E-state index in [1.807, 2.05) is 25.3 Å². The Morgan fingerprint density at radius 3 is 2.90 bits per heavy atom. The molecule has 1 saturated heterocycles. The Hall–Kier alpha value is -3.26. The largest absolute Gasteiger partial charge is 0.487 e. The van der Waals surface area contributed by atoms with Crippen molar-refractivity contribution in [1.29, 1.82) is 0 Å². The van der Waals surface area contributed by atoms with E-state index in [0.717, 1.165) is 48.2 Å². The number of aromatic amines is 1. The van der Waals surface area contributed by atoms with Gasteiger partial charge in [0.2, 0.25) is 0 Å². The van der Waals surface area contributed by atoms with Crippen LogP contribution in [-0.2, 0) is 13.0 Å². The maximum absolute atomic E-state index is 12.1. The first kappa shape index (κ1) is 20.0. The van der Waals surface area contributed by atoms with E-state index in [9.17, 15) is 9.59 Å². The van der Waals surface area contributed by atoms with E-state index in [1.165, 1.54) is 0 Å². The minimum atomic E-state index is -0.218. The molecule has 0 aromatic carbocycles. The van der Waals surface area contributed by atoms with Crippen molar-refractivity contribution in [3.8, 4) is 5.75 Å². The fourth-order valence-corrected chi connectivity index (χ4v) is 3.72. The molecular formula is C22H25N5O3. The van der Waals surface area contributed by atoms with E-state index < -0.39 is 0 Å². The topological polar surface area (TPSA) is 100 Å². The molecule has 8 nitrogen and oxygen atoms in total. The zero-order valence-electron chi connectivity index (χ0n) is 17.1. The molecule has 0 bridgehead atoms. The van der Waals surface area contributed by atoms with Gasteiger partial charge in [0.05, 0.1) is 17.2 Å². The van der Waals surface area contributed by atoms with Crippen molar-refractivity contribution in [2.24, 2.45) is 0 Å². The summed E-state index contributed by atoms with van der Waals surface area (Å²) in [5, 5.41) is 2.55. The van der Waals surface area contributed by atoms with Crippen LogP contribution in [0.15, 0.2) is 41.5 Å². The number of fused-ring (bicyclic) bond motifs is 1. The van der Waals surface area contributed by atoms with Gasteiger partial charge in [0.25, 0.3) is 11.5 Å². The van der Waals surface area contributed by atoms with Gasteiger partial charge in [-0.05, 0) is 42.7 Å². The number of rotatable bonds is 6. The summed E-state index contributed by atoms with van der Waals surface area (Å²) in [6.07, 6.45) is 5.12. The number of H-pyrrole nitrogens is 1. The number of likely N-dealkylation sites (tertiary alicyclic amines) is 1. The van der Waals surface area contributed by atoms with Crippen LogP contribution in [-0.4, -0.2) is 52.0 Å². The lowest BCUT2D eigenvalue weighted by Crippen LogP contribution is -2.25. The van der Waals surface area contributed by atoms with Gasteiger partial charge in [-0.1, -0.05) is 6.92 Å². The highest BCUT2D eigenvalue weighted by molar-refractivity contribution is 5.91. The monoisotopic (exact) mass is 407 g/mol. The predicted molar refractivity (Wildman–Crippen MR) is 114 cm³/mol. The van der Waals surface area contributed by atoms with E-state index in [1.54, 1.807) is 25.4 Å². The van der Waals surface area contributed by atoms with Crippen LogP contribution < -0.4 is 15.6 Å². The zero-order valence-corrected chi connectivity index (χ0v) is 17.1. The molecular weight excluding hydrogens is 382 g/mol. The lowest BCUT2D eigenvalue weighted by atomic mass is 10.1. The molecule has 4 rings (SSSR count). The Bertz CT molecular complexity index is 1110. The second kappa shape index (κ2) is 8.62. The number of pyridine rings is 3. The van der Waals surface area contributed by atoms with Crippen LogP contribution in [0.3, 0.4) is 0 Å². The van der Waals surface area contributed by atoms with Gasteiger partial charge >= 0.3 is 0 Å². The average Bonchev–Trinajstić information content (AvgIpc) is 3.19. The number of hydrogen-bond acceptors (Lipinski definition) is 6. The molecule has 0 saturated carbocycles. The summed E-state index contributed by atoms with van der Waals surface area (Å²) < 4.78 is 6.02. The molecule has 1 atom stereocenters. The minimum absolute atomic E-state index is 0.0466. The molecule has 1 fully saturated rings. The van der Waals surface area contributed by atoms with Gasteiger partial charge in [0.15, 0.2) is 0 Å². The first-order valence-electron chi connectivity index (χ1n) is 10.1. The summed E-state index contributed by atoms with van der Waals surface area (Å²) in [6, 6.07) is 7.29. The third-order valence-electron chi connectivity index (χ3n) is 5.34. The van der Waals surface area contributed by atoms with Gasteiger partial charge in [0, 0.05) is 38.4 Å². The van der Waals surface area contributed by atoms with Gasteiger partial charge in [-0.3, -0.25) is 19.5 Å². The van der Waals surface area contributed by atoms with Crippen LogP contribution in [0, 0.1) is 0 Å². The standard InChI is InChI=1S/C22H25N5O3/c1-3-15-9-19-20(26-21(15)28)8-14(10-24-19)12-27-7-6-17(13-27)30-16-4-5-18(25-11-16)22(29)23-2/h4-5,8-11,17H,3,6-7,12-13H2,1-2H3,(H,23,29)(H,26,28)/t17-/m1/s1. The van der Waals surface area contributed by atoms with Crippen LogP contribution in [0.1, 0.15) is 35.0 Å². The van der Waals surface area contributed by atoms with E-state index in [-0.39, 0.29) is 17.6 Å². The first-order chi connectivity index (χ1) is 14.6. The van der Waals surface area contributed by atoms with Gasteiger partial charge in [0.1, 0.15) is 17.5 Å². The van der Waals surface area contributed by atoms with Crippen LogP contribution in [0.2, 0.25) is 0 Å². The molecule has 30 heavy (non-hydrogen) atoms. The second-order valence-electron chi connectivity index (χ2n) is 7.48. The van der Waals surface area contributed by atoms with E-state index in [2.05, 4.69) is 25.2 Å². The summed E-state index contributed by atoms with van der Waals surface area (Å²) in [7, 11) is 1.58. The van der Waals surface area contributed by atoms with Gasteiger partial charge < -0.3 is 15.0 Å². The number of carbonyl (C=O) groups is 1. The Morgan fingerprint density at radius 2 is 2.17 bits per heavy atom. The zero-order chi connectivity index (χ0) is 21.1. The number of nitrogens with one attached hydrogen (secondary N) is 2. The number of ether oxygens (including phenoxy) is 1. The van der Waals surface area contributed by atoms with Crippen LogP contribution >= 0.6 is 0 Å². The lowest BCUT2D eigenvalue weighted by molar-refractivity contribution is 0.0958. The lowest BCUT2D eigenvalue weighted by Gasteiger charge is -2.17. The van der Waals surface area contributed by atoms with Crippen LogP contribution in [0.25, 0.3) is 11.0 Å². The minimum Gasteiger partial charge on any atom is -0.487 e. The number of nitrogens with zero attached hydrogens (tertiary/aromatic N) is 3. The Kier molecular flexibility index (Phi) is 5.76. The molecule has 4 heterocycles. The van der Waals surface area contributed by atoms with E-state index >= 15 is 0 Å². The van der Waals surface area contributed by atoms with Gasteiger partial charge in [-0.2, -0.15) is 0 Å². The summed E-state index contributed by atoms with van der Waals surface area (Å²) in [6.45, 7) is 4.41. The Labute approximate surface area is 174 Å². The number of aryl methyl sites for hydroxylation is 1. The fourth-order valence-electron chi connectivity index (χ4n) is 3.72. The fraction of sp³-hybridized carbons (Fsp3) is 0.364. The highest BCUT2D eigenvalue weighted by Gasteiger charge is 2.24. The molecule has 2 N–H and O–H groups in total. The molecule has 3 aromatic heterocycles. The molecule has 3 aromatic rings. The first-order valence-corrected chi connectivity index (χ1v) is 10.1. The molecule has 0 unspecified atom stereocenters. The molecule has 0 aliphatic carbocycles. The second-order valence-corrected chi connectivity index (χ2v) is 7.48. The maximum Gasteiger partial charge on any atom is 0.269 e. The molecule has 1 amide bonds. The van der Waals surface area contributed by atoms with Crippen molar-refractivity contribution >= 4 is 16.9 Å². The van der Waals surface area contributed by atoms with Crippen molar-refractivity contribution < 1.29 is 9.53 Å². The number of aromatic nitrogens is 3. The smallest absolute Gasteiger partial charge is 0.269 e. The summed E-state index contributed by atoms with van der Waals surface area (Å²) in [4.78, 5) is 37.5. The van der Waals surface area contributed by atoms with Crippen LogP contribution in [0.5, 0.6) is 5.75 Å². The van der Waals surface area contributed by atoms with Crippen molar-refractivity contribution in [2.45, 2.75) is 32.4 Å². The number of amides is 1. The van der Waals surface area contributed by atoms with Crippen molar-refractivity contribution in [1.82, 2.24) is 25.2 Å². The summed E-state index contributed by atoms with van der Waals surface area (Å²) in [5.41, 5.74) is 3.70. The van der Waals surface area contributed by atoms with Gasteiger partial charge in [-0.25, -0.2) is 4.98 Å². The molecule has 1 aliphatic heterocycles. The van der Waals surface area contributed by atoms with Crippen molar-refractivity contribution in [3.63, 3.8) is 0 Å². The highest BCUT2D eigenvalue weighted by atomic mass is 16.5. The normalized spacial score (nSPS) is 16.7. The molecule has 0 spiro atoms. The Morgan fingerprint density at radius 1 is 1.30 bits per heavy atom. The maximum atomic E-state index is 12.1. The molecule has 8 heteroatoms.